The van der Waals surface area contributed by atoms with Gasteiger partial charge in [-0.3, -0.25) is 24.5 Å². The van der Waals surface area contributed by atoms with Crippen molar-refractivity contribution in [1.29, 1.82) is 0 Å². The first-order valence-corrected chi connectivity index (χ1v) is 11.2. The average Bonchev–Trinajstić information content (AvgIpc) is 2.91. The third-order valence-corrected chi connectivity index (χ3v) is 6.13. The molecule has 0 unspecified atom stereocenters. The second kappa shape index (κ2) is 9.19. The van der Waals surface area contributed by atoms with E-state index in [0.717, 1.165) is 23.1 Å². The number of carbonyl (C=O) groups is 5. The molecule has 0 fully saturated rings. The first-order chi connectivity index (χ1) is 18.6. The lowest BCUT2D eigenvalue weighted by Crippen LogP contribution is -2.40. The number of amides is 3. The largest absolute Gasteiger partial charge is 0.478 e. The van der Waals surface area contributed by atoms with Crippen LogP contribution in [0.25, 0.3) is 10.8 Å². The van der Waals surface area contributed by atoms with Gasteiger partial charge in [0.15, 0.2) is 0 Å². The van der Waals surface area contributed by atoms with Gasteiger partial charge < -0.3 is 15.5 Å². The molecule has 12 nitrogen and oxygen atoms in total. The van der Waals surface area contributed by atoms with Crippen molar-refractivity contribution in [2.75, 3.05) is 10.2 Å². The second-order valence-corrected chi connectivity index (χ2v) is 8.48. The Morgan fingerprint density at radius 1 is 0.769 bits per heavy atom. The Bertz CT molecular complexity index is 1740. The number of rotatable bonds is 6. The Morgan fingerprint density at radius 3 is 2.00 bits per heavy atom. The van der Waals surface area contributed by atoms with Crippen molar-refractivity contribution in [1.82, 2.24) is 0 Å². The number of imide groups is 1. The van der Waals surface area contributed by atoms with Gasteiger partial charge in [-0.2, -0.15) is 0 Å². The van der Waals surface area contributed by atoms with Crippen LogP contribution in [0, 0.1) is 10.1 Å². The van der Waals surface area contributed by atoms with E-state index in [9.17, 15) is 44.3 Å². The number of carboxylic acids is 2. The molecule has 0 aliphatic carbocycles. The van der Waals surface area contributed by atoms with Crippen LogP contribution >= 0.6 is 0 Å². The number of nitro benzene ring substituents is 1. The van der Waals surface area contributed by atoms with E-state index >= 15 is 0 Å². The van der Waals surface area contributed by atoms with Gasteiger partial charge in [-0.1, -0.05) is 12.1 Å². The third-order valence-electron chi connectivity index (χ3n) is 6.13. The molecule has 3 amide bonds. The normalized spacial score (nSPS) is 12.4. The number of anilines is 2. The zero-order chi connectivity index (χ0) is 28.0. The summed E-state index contributed by atoms with van der Waals surface area (Å²) in [5, 5.41) is 32.7. The standard InChI is InChI=1S/C27H15N3O9/c31-23(28-16-10-14(26(34)35)9-15(11-16)27(36)37)13-3-1-4-17(12-13)29-24(32)19-6-2-5-18-21(30(38)39)8-7-20(22(18)19)25(29)33/h1-12H,(H,28,31)(H,34,35)(H,36,37). The third kappa shape index (κ3) is 4.21. The van der Waals surface area contributed by atoms with Crippen LogP contribution in [-0.2, 0) is 0 Å². The summed E-state index contributed by atoms with van der Waals surface area (Å²) < 4.78 is 0. The van der Waals surface area contributed by atoms with Crippen LogP contribution in [0.15, 0.2) is 72.8 Å². The zero-order valence-corrected chi connectivity index (χ0v) is 19.6. The monoisotopic (exact) mass is 525 g/mol. The minimum absolute atomic E-state index is 0.0154. The molecule has 4 aromatic carbocycles. The summed E-state index contributed by atoms with van der Waals surface area (Å²) in [5.41, 5.74) is -0.855. The lowest BCUT2D eigenvalue weighted by atomic mass is 9.92. The Labute approximate surface area is 217 Å². The summed E-state index contributed by atoms with van der Waals surface area (Å²) in [6.45, 7) is 0. The van der Waals surface area contributed by atoms with Gasteiger partial charge in [-0.05, 0) is 54.6 Å². The van der Waals surface area contributed by atoms with E-state index in [1.165, 1.54) is 54.6 Å². The van der Waals surface area contributed by atoms with Crippen LogP contribution in [0.3, 0.4) is 0 Å². The summed E-state index contributed by atoms with van der Waals surface area (Å²) >= 11 is 0. The number of hydrogen-bond acceptors (Lipinski definition) is 7. The van der Waals surface area contributed by atoms with E-state index in [0.29, 0.717) is 0 Å². The quantitative estimate of drug-likeness (QED) is 0.189. The minimum Gasteiger partial charge on any atom is -0.478 e. The van der Waals surface area contributed by atoms with Crippen LogP contribution < -0.4 is 10.2 Å². The van der Waals surface area contributed by atoms with E-state index in [-0.39, 0.29) is 55.7 Å². The maximum atomic E-state index is 13.4. The maximum Gasteiger partial charge on any atom is 0.335 e. The van der Waals surface area contributed by atoms with E-state index in [1.54, 1.807) is 0 Å². The van der Waals surface area contributed by atoms with Crippen molar-refractivity contribution in [2.24, 2.45) is 0 Å². The predicted octanol–water partition coefficient (Wildman–Crippen LogP) is 4.20. The van der Waals surface area contributed by atoms with Gasteiger partial charge in [-0.25, -0.2) is 14.5 Å². The minimum atomic E-state index is -1.39. The lowest BCUT2D eigenvalue weighted by molar-refractivity contribution is -0.383. The number of nitrogens with zero attached hydrogens (tertiary/aromatic N) is 2. The van der Waals surface area contributed by atoms with Crippen LogP contribution in [0.4, 0.5) is 17.1 Å². The topological polar surface area (TPSA) is 184 Å². The Kier molecular flexibility index (Phi) is 5.84. The number of benzene rings is 4. The molecule has 192 valence electrons. The summed E-state index contributed by atoms with van der Waals surface area (Å²) in [6.07, 6.45) is 0. The molecule has 1 heterocycles. The molecule has 0 radical (unpaired) electrons. The number of nitro groups is 1. The van der Waals surface area contributed by atoms with Crippen molar-refractivity contribution in [3.05, 3.63) is 111 Å². The van der Waals surface area contributed by atoms with Gasteiger partial charge in [0, 0.05) is 33.8 Å². The van der Waals surface area contributed by atoms with Crippen molar-refractivity contribution in [3.8, 4) is 0 Å². The van der Waals surface area contributed by atoms with Gasteiger partial charge in [0.2, 0.25) is 0 Å². The van der Waals surface area contributed by atoms with Crippen molar-refractivity contribution < 1.29 is 39.1 Å². The number of carboxylic acid groups (broad SMARTS) is 2. The van der Waals surface area contributed by atoms with E-state index in [2.05, 4.69) is 5.32 Å². The molecule has 1 aliphatic rings. The SMILES string of the molecule is O=C(O)c1cc(NC(=O)c2cccc(N3C(=O)c4cccc5c([N+](=O)[O-])ccc(c45)C3=O)c2)cc(C(=O)O)c1. The summed E-state index contributed by atoms with van der Waals surface area (Å²) in [5.74, 6) is -5.02. The number of nitrogens with one attached hydrogen (secondary N) is 1. The molecule has 5 rings (SSSR count). The molecule has 0 saturated heterocycles. The summed E-state index contributed by atoms with van der Waals surface area (Å²) in [6, 6.07) is 15.5. The molecule has 0 saturated carbocycles. The molecule has 4 aromatic rings. The van der Waals surface area contributed by atoms with E-state index in [4.69, 9.17) is 0 Å². The molecule has 1 aliphatic heterocycles. The first-order valence-electron chi connectivity index (χ1n) is 11.2. The van der Waals surface area contributed by atoms with Gasteiger partial charge in [-0.15, -0.1) is 0 Å². The number of hydrogen-bond donors (Lipinski definition) is 3. The van der Waals surface area contributed by atoms with Gasteiger partial charge in [0.1, 0.15) is 0 Å². The lowest BCUT2D eigenvalue weighted by Gasteiger charge is -2.27. The molecule has 12 heteroatoms. The van der Waals surface area contributed by atoms with Crippen molar-refractivity contribution in [3.63, 3.8) is 0 Å². The number of carbonyl (C=O) groups excluding carboxylic acids is 3. The van der Waals surface area contributed by atoms with E-state index in [1.807, 2.05) is 0 Å². The van der Waals surface area contributed by atoms with Gasteiger partial charge in [0.05, 0.1) is 27.1 Å². The highest BCUT2D eigenvalue weighted by atomic mass is 16.6. The Hall–Kier alpha value is -5.91. The highest BCUT2D eigenvalue weighted by Gasteiger charge is 2.36. The molecule has 0 atom stereocenters. The fourth-order valence-corrected chi connectivity index (χ4v) is 4.41. The maximum absolute atomic E-state index is 13.4. The Balaban J connectivity index is 1.51. The number of aromatic carboxylic acids is 2. The predicted molar refractivity (Wildman–Crippen MR) is 136 cm³/mol. The zero-order valence-electron chi connectivity index (χ0n) is 19.6. The highest BCUT2D eigenvalue weighted by Crippen LogP contribution is 2.37. The van der Waals surface area contributed by atoms with Crippen LogP contribution in [0.5, 0.6) is 0 Å². The molecule has 3 N–H and O–H groups in total. The average molecular weight is 525 g/mol. The number of non-ortho nitro benzene ring substituents is 1. The summed E-state index contributed by atoms with van der Waals surface area (Å²) in [7, 11) is 0. The molecular formula is C27H15N3O9. The second-order valence-electron chi connectivity index (χ2n) is 8.48. The molecule has 0 spiro atoms. The van der Waals surface area contributed by atoms with Crippen LogP contribution in [0.2, 0.25) is 0 Å². The van der Waals surface area contributed by atoms with Gasteiger partial charge >= 0.3 is 11.9 Å². The van der Waals surface area contributed by atoms with E-state index < -0.39 is 34.6 Å². The molecule has 0 aromatic heterocycles. The smallest absolute Gasteiger partial charge is 0.335 e. The van der Waals surface area contributed by atoms with Crippen molar-refractivity contribution >= 4 is 57.5 Å². The van der Waals surface area contributed by atoms with Crippen LogP contribution in [0.1, 0.15) is 51.8 Å². The molecule has 39 heavy (non-hydrogen) atoms. The van der Waals surface area contributed by atoms with Crippen LogP contribution in [-0.4, -0.2) is 44.8 Å². The highest BCUT2D eigenvalue weighted by molar-refractivity contribution is 6.36. The van der Waals surface area contributed by atoms with Crippen molar-refractivity contribution in [2.45, 2.75) is 0 Å². The fourth-order valence-electron chi connectivity index (χ4n) is 4.41. The van der Waals surface area contributed by atoms with Gasteiger partial charge in [0.25, 0.3) is 23.4 Å². The summed E-state index contributed by atoms with van der Waals surface area (Å²) in [4.78, 5) is 74.2. The molecular weight excluding hydrogens is 510 g/mol. The molecule has 0 bridgehead atoms. The first kappa shape index (κ1) is 24.8. The Morgan fingerprint density at radius 2 is 1.38 bits per heavy atom. The fraction of sp³-hybridized carbons (Fsp3) is 0.